The van der Waals surface area contributed by atoms with Gasteiger partial charge in [0.05, 0.1) is 17.6 Å². The van der Waals surface area contributed by atoms with Crippen molar-refractivity contribution in [2.45, 2.75) is 6.92 Å². The van der Waals surface area contributed by atoms with Gasteiger partial charge in [0.25, 0.3) is 5.91 Å². The van der Waals surface area contributed by atoms with Crippen LogP contribution in [0.4, 0.5) is 4.79 Å². The summed E-state index contributed by atoms with van der Waals surface area (Å²) in [5.74, 6) is -0.0546. The van der Waals surface area contributed by atoms with Crippen molar-refractivity contribution in [3.8, 4) is 0 Å². The van der Waals surface area contributed by atoms with Crippen LogP contribution in [-0.4, -0.2) is 64.6 Å². The minimum absolute atomic E-state index is 0.0546. The number of carbonyl (C=O) groups excluding carboxylic acids is 2. The highest BCUT2D eigenvalue weighted by Crippen LogP contribution is 2.14. The Kier molecular flexibility index (Phi) is 4.36. The second-order valence-corrected chi connectivity index (χ2v) is 5.24. The molecule has 7 nitrogen and oxygen atoms in total. The maximum atomic E-state index is 12.6. The van der Waals surface area contributed by atoms with Crippen molar-refractivity contribution in [2.24, 2.45) is 0 Å². The van der Waals surface area contributed by atoms with Gasteiger partial charge in [0.2, 0.25) is 0 Å². The summed E-state index contributed by atoms with van der Waals surface area (Å²) in [6.45, 7) is 4.10. The van der Waals surface area contributed by atoms with E-state index in [1.807, 2.05) is 0 Å². The molecule has 0 bridgehead atoms. The summed E-state index contributed by atoms with van der Waals surface area (Å²) in [4.78, 5) is 36.1. The molecule has 120 valence electrons. The van der Waals surface area contributed by atoms with Gasteiger partial charge in [-0.05, 0) is 25.1 Å². The van der Waals surface area contributed by atoms with Crippen LogP contribution in [0.25, 0.3) is 11.0 Å². The molecule has 2 heterocycles. The van der Waals surface area contributed by atoms with Gasteiger partial charge in [-0.3, -0.25) is 14.8 Å². The molecule has 0 N–H and O–H groups in total. The molecule has 1 aromatic carbocycles. The van der Waals surface area contributed by atoms with E-state index in [1.165, 1.54) is 0 Å². The van der Waals surface area contributed by atoms with Crippen LogP contribution < -0.4 is 0 Å². The number of fused-ring (bicyclic) bond motifs is 1. The van der Waals surface area contributed by atoms with E-state index in [1.54, 1.807) is 47.3 Å². The highest BCUT2D eigenvalue weighted by atomic mass is 16.6. The number of piperazine rings is 1. The first kappa shape index (κ1) is 15.2. The Morgan fingerprint density at radius 1 is 1.04 bits per heavy atom. The average Bonchev–Trinajstić information content (AvgIpc) is 2.61. The number of rotatable bonds is 2. The number of benzene rings is 1. The molecule has 1 aromatic heterocycles. The molecule has 1 fully saturated rings. The molecule has 0 aliphatic carbocycles. The quantitative estimate of drug-likeness (QED) is 0.840. The molecule has 0 radical (unpaired) electrons. The Hall–Kier alpha value is -2.70. The van der Waals surface area contributed by atoms with Crippen LogP contribution >= 0.6 is 0 Å². The van der Waals surface area contributed by atoms with E-state index in [-0.39, 0.29) is 12.0 Å². The minimum Gasteiger partial charge on any atom is -0.450 e. The van der Waals surface area contributed by atoms with Crippen LogP contribution in [0.5, 0.6) is 0 Å². The first-order valence-electron chi connectivity index (χ1n) is 7.61. The molecule has 0 spiro atoms. The molecule has 0 unspecified atom stereocenters. The molecule has 2 amide bonds. The number of ether oxygens (including phenoxy) is 1. The summed E-state index contributed by atoms with van der Waals surface area (Å²) in [5.41, 5.74) is 2.04. The predicted octanol–water partition coefficient (Wildman–Crippen LogP) is 1.54. The number of hydrogen-bond acceptors (Lipinski definition) is 5. The van der Waals surface area contributed by atoms with Crippen molar-refractivity contribution >= 4 is 23.0 Å². The zero-order chi connectivity index (χ0) is 16.2. The second-order valence-electron chi connectivity index (χ2n) is 5.24. The maximum absolute atomic E-state index is 12.6. The minimum atomic E-state index is -0.319. The fraction of sp³-hybridized carbons (Fsp3) is 0.375. The van der Waals surface area contributed by atoms with E-state index in [2.05, 4.69) is 9.97 Å². The van der Waals surface area contributed by atoms with E-state index >= 15 is 0 Å². The molecule has 2 aromatic rings. The fourth-order valence-corrected chi connectivity index (χ4v) is 2.59. The zero-order valence-electron chi connectivity index (χ0n) is 12.9. The van der Waals surface area contributed by atoms with Gasteiger partial charge < -0.3 is 14.5 Å². The summed E-state index contributed by atoms with van der Waals surface area (Å²) < 4.78 is 4.98. The Labute approximate surface area is 133 Å². The summed E-state index contributed by atoms with van der Waals surface area (Å²) in [5, 5.41) is 0. The lowest BCUT2D eigenvalue weighted by molar-refractivity contribution is 0.0570. The first-order chi connectivity index (χ1) is 11.2. The monoisotopic (exact) mass is 314 g/mol. The lowest BCUT2D eigenvalue weighted by atomic mass is 10.1. The normalized spacial score (nSPS) is 14.8. The number of aromatic nitrogens is 2. The van der Waals surface area contributed by atoms with E-state index < -0.39 is 0 Å². The molecule has 7 heteroatoms. The lowest BCUT2D eigenvalue weighted by Gasteiger charge is -2.34. The van der Waals surface area contributed by atoms with Crippen molar-refractivity contribution in [1.29, 1.82) is 0 Å². The second kappa shape index (κ2) is 6.60. The van der Waals surface area contributed by atoms with Crippen LogP contribution in [0.3, 0.4) is 0 Å². The predicted molar refractivity (Wildman–Crippen MR) is 84.0 cm³/mol. The Morgan fingerprint density at radius 2 is 1.70 bits per heavy atom. The van der Waals surface area contributed by atoms with Crippen molar-refractivity contribution in [3.63, 3.8) is 0 Å². The summed E-state index contributed by atoms with van der Waals surface area (Å²) >= 11 is 0. The summed E-state index contributed by atoms with van der Waals surface area (Å²) in [6, 6.07) is 5.31. The fourth-order valence-electron chi connectivity index (χ4n) is 2.59. The smallest absolute Gasteiger partial charge is 0.409 e. The third kappa shape index (κ3) is 3.23. The molecule has 1 aliphatic heterocycles. The third-order valence-electron chi connectivity index (χ3n) is 3.81. The van der Waals surface area contributed by atoms with E-state index in [9.17, 15) is 9.59 Å². The van der Waals surface area contributed by atoms with Crippen molar-refractivity contribution < 1.29 is 14.3 Å². The molecular weight excluding hydrogens is 296 g/mol. The third-order valence-corrected chi connectivity index (χ3v) is 3.81. The van der Waals surface area contributed by atoms with Crippen LogP contribution in [0, 0.1) is 0 Å². The Bertz CT molecular complexity index is 726. The first-order valence-corrected chi connectivity index (χ1v) is 7.61. The molecule has 0 atom stereocenters. The number of carbonyl (C=O) groups is 2. The van der Waals surface area contributed by atoms with Gasteiger partial charge in [0.1, 0.15) is 0 Å². The van der Waals surface area contributed by atoms with Crippen molar-refractivity contribution in [1.82, 2.24) is 19.8 Å². The standard InChI is InChI=1S/C16H18N4O3/c1-2-23-16(22)20-9-7-19(8-10-20)15(21)12-3-4-13-14(11-12)18-6-5-17-13/h3-6,11H,2,7-10H2,1H3. The molecule has 23 heavy (non-hydrogen) atoms. The van der Waals surface area contributed by atoms with E-state index in [0.717, 1.165) is 5.52 Å². The van der Waals surface area contributed by atoms with Crippen molar-refractivity contribution in [3.05, 3.63) is 36.2 Å². The van der Waals surface area contributed by atoms with Crippen LogP contribution in [0.15, 0.2) is 30.6 Å². The summed E-state index contributed by atoms with van der Waals surface area (Å²) in [6.07, 6.45) is 2.91. The number of amides is 2. The number of nitrogens with zero attached hydrogens (tertiary/aromatic N) is 4. The highest BCUT2D eigenvalue weighted by Gasteiger charge is 2.25. The van der Waals surface area contributed by atoms with E-state index in [0.29, 0.717) is 43.9 Å². The molecule has 1 aliphatic rings. The van der Waals surface area contributed by atoms with Gasteiger partial charge in [-0.2, -0.15) is 0 Å². The average molecular weight is 314 g/mol. The summed E-state index contributed by atoms with van der Waals surface area (Å²) in [7, 11) is 0. The topological polar surface area (TPSA) is 75.6 Å². The Morgan fingerprint density at radius 3 is 2.39 bits per heavy atom. The molecule has 1 saturated heterocycles. The Balaban J connectivity index is 1.67. The molecular formula is C16H18N4O3. The largest absolute Gasteiger partial charge is 0.450 e. The van der Waals surface area contributed by atoms with Gasteiger partial charge in [0.15, 0.2) is 0 Å². The lowest BCUT2D eigenvalue weighted by Crippen LogP contribution is -2.50. The van der Waals surface area contributed by atoms with Crippen LogP contribution in [0.1, 0.15) is 17.3 Å². The molecule has 3 rings (SSSR count). The van der Waals surface area contributed by atoms with Gasteiger partial charge in [-0.25, -0.2) is 4.79 Å². The van der Waals surface area contributed by atoms with Crippen LogP contribution in [0.2, 0.25) is 0 Å². The zero-order valence-corrected chi connectivity index (χ0v) is 12.9. The molecule has 0 saturated carbocycles. The van der Waals surface area contributed by atoms with E-state index in [4.69, 9.17) is 4.74 Å². The maximum Gasteiger partial charge on any atom is 0.409 e. The van der Waals surface area contributed by atoms with Gasteiger partial charge in [-0.1, -0.05) is 0 Å². The van der Waals surface area contributed by atoms with Gasteiger partial charge in [-0.15, -0.1) is 0 Å². The SMILES string of the molecule is CCOC(=O)N1CCN(C(=O)c2ccc3nccnc3c2)CC1. The van der Waals surface area contributed by atoms with Crippen LogP contribution in [-0.2, 0) is 4.74 Å². The van der Waals surface area contributed by atoms with Gasteiger partial charge in [0, 0.05) is 44.1 Å². The number of hydrogen-bond donors (Lipinski definition) is 0. The van der Waals surface area contributed by atoms with Crippen molar-refractivity contribution in [2.75, 3.05) is 32.8 Å². The highest BCUT2D eigenvalue weighted by molar-refractivity contribution is 5.97. The van der Waals surface area contributed by atoms with Gasteiger partial charge >= 0.3 is 6.09 Å².